The molecule has 2 rings (SSSR count). The highest BCUT2D eigenvalue weighted by Gasteiger charge is 2.21. The number of ether oxygens (including phenoxy) is 1. The second-order valence-corrected chi connectivity index (χ2v) is 3.63. The lowest BCUT2D eigenvalue weighted by atomic mass is 9.99. The lowest BCUT2D eigenvalue weighted by Crippen LogP contribution is -2.19. The van der Waals surface area contributed by atoms with Gasteiger partial charge in [0, 0.05) is 12.5 Å². The molecule has 1 aromatic carbocycles. The smallest absolute Gasteiger partial charge is 0.181 e. The first-order valence-corrected chi connectivity index (χ1v) is 5.13. The summed E-state index contributed by atoms with van der Waals surface area (Å²) >= 11 is 0. The summed E-state index contributed by atoms with van der Waals surface area (Å²) in [6.07, 6.45) is 0.852. The van der Waals surface area contributed by atoms with Crippen molar-refractivity contribution in [3.63, 3.8) is 0 Å². The van der Waals surface area contributed by atoms with Crippen molar-refractivity contribution in [2.24, 2.45) is 4.99 Å². The third-order valence-corrected chi connectivity index (χ3v) is 2.62. The van der Waals surface area contributed by atoms with Gasteiger partial charge in [-0.25, -0.2) is 9.38 Å². The lowest BCUT2D eigenvalue weighted by Gasteiger charge is -2.15. The van der Waals surface area contributed by atoms with Crippen molar-refractivity contribution in [2.45, 2.75) is 19.8 Å². The number of carbonyl (C=O) groups is 1. The molecular weight excluding hydrogens is 209 g/mol. The molecule has 3 nitrogen and oxygen atoms in total. The molecular formula is C12H12FNO2. The Kier molecular flexibility index (Phi) is 2.73. The van der Waals surface area contributed by atoms with Crippen molar-refractivity contribution in [1.29, 1.82) is 0 Å². The molecule has 0 saturated heterocycles. The van der Waals surface area contributed by atoms with Crippen LogP contribution in [0.4, 0.5) is 10.1 Å². The predicted octanol–water partition coefficient (Wildman–Crippen LogP) is 2.44. The molecule has 1 aliphatic rings. The first kappa shape index (κ1) is 10.8. The number of rotatable bonds is 2. The van der Waals surface area contributed by atoms with E-state index >= 15 is 0 Å². The minimum Gasteiger partial charge on any atom is -0.494 e. The Morgan fingerprint density at radius 1 is 1.50 bits per heavy atom. The standard InChI is InChI=1S/C12H12FNO2/c1-3-9-11(15)4-7-5-12(16-2)8(13)6-10(7)14-9/h5-6H,3-4H2,1-2H3. The second-order valence-electron chi connectivity index (χ2n) is 3.63. The Bertz CT molecular complexity index is 480. The molecule has 1 aliphatic heterocycles. The van der Waals surface area contributed by atoms with E-state index in [4.69, 9.17) is 4.74 Å². The van der Waals surface area contributed by atoms with Crippen LogP contribution < -0.4 is 4.74 Å². The van der Waals surface area contributed by atoms with Crippen LogP contribution in [0.2, 0.25) is 0 Å². The molecule has 0 saturated carbocycles. The maximum Gasteiger partial charge on any atom is 0.181 e. The largest absolute Gasteiger partial charge is 0.494 e. The number of nitrogens with zero attached hydrogens (tertiary/aromatic N) is 1. The quantitative estimate of drug-likeness (QED) is 0.769. The van der Waals surface area contributed by atoms with Gasteiger partial charge in [0.1, 0.15) is 0 Å². The van der Waals surface area contributed by atoms with E-state index in [2.05, 4.69) is 4.99 Å². The zero-order valence-electron chi connectivity index (χ0n) is 9.21. The predicted molar refractivity (Wildman–Crippen MR) is 59.0 cm³/mol. The number of carbonyl (C=O) groups excluding carboxylic acids is 1. The average molecular weight is 221 g/mol. The molecule has 0 spiro atoms. The maximum atomic E-state index is 13.4. The molecule has 0 N–H and O–H groups in total. The molecule has 1 heterocycles. The number of hydrogen-bond acceptors (Lipinski definition) is 3. The van der Waals surface area contributed by atoms with Crippen molar-refractivity contribution in [1.82, 2.24) is 0 Å². The van der Waals surface area contributed by atoms with Gasteiger partial charge in [-0.05, 0) is 18.1 Å². The van der Waals surface area contributed by atoms with Gasteiger partial charge in [-0.3, -0.25) is 4.79 Å². The van der Waals surface area contributed by atoms with E-state index < -0.39 is 5.82 Å². The highest BCUT2D eigenvalue weighted by Crippen LogP contribution is 2.31. The summed E-state index contributed by atoms with van der Waals surface area (Å²) in [6.45, 7) is 1.86. The minimum atomic E-state index is -0.449. The van der Waals surface area contributed by atoms with Gasteiger partial charge in [-0.2, -0.15) is 0 Å². The van der Waals surface area contributed by atoms with E-state index in [1.807, 2.05) is 6.92 Å². The van der Waals surface area contributed by atoms with Crippen molar-refractivity contribution >= 4 is 17.2 Å². The van der Waals surface area contributed by atoms with E-state index in [-0.39, 0.29) is 18.0 Å². The first-order valence-electron chi connectivity index (χ1n) is 5.13. The van der Waals surface area contributed by atoms with Crippen molar-refractivity contribution < 1.29 is 13.9 Å². The van der Waals surface area contributed by atoms with Gasteiger partial charge in [0.05, 0.1) is 18.5 Å². The molecule has 0 amide bonds. The number of fused-ring (bicyclic) bond motifs is 1. The maximum absolute atomic E-state index is 13.4. The van der Waals surface area contributed by atoms with Crippen LogP contribution in [0.1, 0.15) is 18.9 Å². The molecule has 0 atom stereocenters. The zero-order chi connectivity index (χ0) is 11.7. The highest BCUT2D eigenvalue weighted by atomic mass is 19.1. The van der Waals surface area contributed by atoms with Crippen molar-refractivity contribution in [2.75, 3.05) is 7.11 Å². The minimum absolute atomic E-state index is 0.00339. The SMILES string of the molecule is CCC1=Nc2cc(F)c(OC)cc2CC1=O. The number of methoxy groups -OCH3 is 1. The molecule has 4 heteroatoms. The number of aliphatic imine (C=N–C) groups is 1. The molecule has 16 heavy (non-hydrogen) atoms. The molecule has 0 fully saturated rings. The number of Topliss-reactive ketones (excluding diaryl/α,β-unsaturated/α-hetero) is 1. The number of hydrogen-bond donors (Lipinski definition) is 0. The summed E-state index contributed by atoms with van der Waals surface area (Å²) in [5.41, 5.74) is 1.77. The number of halogens is 1. The van der Waals surface area contributed by atoms with Crippen LogP contribution >= 0.6 is 0 Å². The molecule has 84 valence electrons. The third kappa shape index (κ3) is 1.71. The van der Waals surface area contributed by atoms with Crippen LogP contribution in [0.25, 0.3) is 0 Å². The van der Waals surface area contributed by atoms with E-state index in [1.165, 1.54) is 13.2 Å². The normalized spacial score (nSPS) is 14.4. The molecule has 0 bridgehead atoms. The summed E-state index contributed by atoms with van der Waals surface area (Å²) in [7, 11) is 1.40. The van der Waals surface area contributed by atoms with Crippen LogP contribution in [-0.2, 0) is 11.2 Å². The summed E-state index contributed by atoms with van der Waals surface area (Å²) in [5, 5.41) is 0. The summed E-state index contributed by atoms with van der Waals surface area (Å²) in [5.74, 6) is -0.292. The second kappa shape index (κ2) is 4.04. The Morgan fingerprint density at radius 2 is 2.25 bits per heavy atom. The third-order valence-electron chi connectivity index (χ3n) is 2.62. The van der Waals surface area contributed by atoms with Gasteiger partial charge >= 0.3 is 0 Å². The lowest BCUT2D eigenvalue weighted by molar-refractivity contribution is -0.112. The van der Waals surface area contributed by atoms with Gasteiger partial charge in [0.25, 0.3) is 0 Å². The van der Waals surface area contributed by atoms with Crippen molar-refractivity contribution in [3.05, 3.63) is 23.5 Å². The van der Waals surface area contributed by atoms with Gasteiger partial charge in [0.2, 0.25) is 0 Å². The Hall–Kier alpha value is -1.71. The summed E-state index contributed by atoms with van der Waals surface area (Å²) in [4.78, 5) is 15.8. The van der Waals surface area contributed by atoms with E-state index in [1.54, 1.807) is 6.07 Å². The fraction of sp³-hybridized carbons (Fsp3) is 0.333. The summed E-state index contributed by atoms with van der Waals surface area (Å²) < 4.78 is 18.3. The molecule has 0 aromatic heterocycles. The van der Waals surface area contributed by atoms with E-state index in [0.717, 1.165) is 5.56 Å². The Balaban J connectivity index is 2.53. The van der Waals surface area contributed by atoms with Gasteiger partial charge in [0.15, 0.2) is 17.3 Å². The Labute approximate surface area is 93.0 Å². The van der Waals surface area contributed by atoms with Gasteiger partial charge in [-0.1, -0.05) is 6.92 Å². The van der Waals surface area contributed by atoms with Crippen LogP contribution in [0, 0.1) is 5.82 Å². The molecule has 0 aliphatic carbocycles. The van der Waals surface area contributed by atoms with E-state index in [0.29, 0.717) is 17.8 Å². The number of ketones is 1. The van der Waals surface area contributed by atoms with E-state index in [9.17, 15) is 9.18 Å². The zero-order valence-corrected chi connectivity index (χ0v) is 9.21. The van der Waals surface area contributed by atoms with Gasteiger partial charge in [-0.15, -0.1) is 0 Å². The molecule has 1 aromatic rings. The fourth-order valence-electron chi connectivity index (χ4n) is 1.75. The Morgan fingerprint density at radius 3 is 2.88 bits per heavy atom. The van der Waals surface area contributed by atoms with Crippen molar-refractivity contribution in [3.8, 4) is 5.75 Å². The molecule has 0 radical (unpaired) electrons. The average Bonchev–Trinajstić information content (AvgIpc) is 2.28. The topological polar surface area (TPSA) is 38.7 Å². The molecule has 0 unspecified atom stereocenters. The monoisotopic (exact) mass is 221 g/mol. The van der Waals surface area contributed by atoms with Crippen LogP contribution in [0.3, 0.4) is 0 Å². The van der Waals surface area contributed by atoms with Crippen LogP contribution in [-0.4, -0.2) is 18.6 Å². The fourth-order valence-corrected chi connectivity index (χ4v) is 1.75. The first-order chi connectivity index (χ1) is 7.65. The van der Waals surface area contributed by atoms with Crippen LogP contribution in [0.5, 0.6) is 5.75 Å². The highest BCUT2D eigenvalue weighted by molar-refractivity contribution is 6.41. The van der Waals surface area contributed by atoms with Crippen LogP contribution in [0.15, 0.2) is 17.1 Å². The number of benzene rings is 1. The van der Waals surface area contributed by atoms with Gasteiger partial charge < -0.3 is 4.74 Å². The summed E-state index contributed by atoms with van der Waals surface area (Å²) in [6, 6.07) is 2.86.